The standard InChI is InChI=1S/C22H23N3O2/c1-16-5-4-6-17(13-16)14-21(26)25-11-9-18(10-12-25)22(27)24-20-8-3-2-7-19(20)15-23/h2-8,13,18H,9-12,14H2,1H3,(H,24,27). The van der Waals surface area contributed by atoms with Crippen molar-refractivity contribution in [1.29, 1.82) is 5.26 Å². The maximum Gasteiger partial charge on any atom is 0.227 e. The van der Waals surface area contributed by atoms with Crippen LogP contribution < -0.4 is 5.32 Å². The molecule has 0 aromatic heterocycles. The highest BCUT2D eigenvalue weighted by Crippen LogP contribution is 2.22. The molecule has 5 heteroatoms. The molecular formula is C22H23N3O2. The molecule has 1 aliphatic heterocycles. The molecule has 0 aliphatic carbocycles. The van der Waals surface area contributed by atoms with Crippen LogP contribution in [0.3, 0.4) is 0 Å². The van der Waals surface area contributed by atoms with E-state index in [1.165, 1.54) is 0 Å². The maximum atomic E-state index is 12.5. The summed E-state index contributed by atoms with van der Waals surface area (Å²) < 4.78 is 0. The van der Waals surface area contributed by atoms with Gasteiger partial charge >= 0.3 is 0 Å². The van der Waals surface area contributed by atoms with Crippen LogP contribution in [0, 0.1) is 24.2 Å². The second-order valence-electron chi connectivity index (χ2n) is 6.97. The van der Waals surface area contributed by atoms with Crippen LogP contribution in [0.4, 0.5) is 5.69 Å². The van der Waals surface area contributed by atoms with Crippen molar-refractivity contribution < 1.29 is 9.59 Å². The predicted octanol–water partition coefficient (Wildman–Crippen LogP) is 3.29. The highest BCUT2D eigenvalue weighted by molar-refractivity contribution is 5.94. The van der Waals surface area contributed by atoms with Gasteiger partial charge in [0.05, 0.1) is 17.7 Å². The molecule has 138 valence electrons. The Kier molecular flexibility index (Phi) is 5.87. The Labute approximate surface area is 159 Å². The fourth-order valence-electron chi connectivity index (χ4n) is 3.42. The van der Waals surface area contributed by atoms with E-state index >= 15 is 0 Å². The van der Waals surface area contributed by atoms with Crippen molar-refractivity contribution in [2.75, 3.05) is 18.4 Å². The number of likely N-dealkylation sites (tertiary alicyclic amines) is 1. The zero-order valence-corrected chi connectivity index (χ0v) is 15.4. The number of hydrogen-bond donors (Lipinski definition) is 1. The molecule has 0 radical (unpaired) electrons. The van der Waals surface area contributed by atoms with Crippen molar-refractivity contribution >= 4 is 17.5 Å². The summed E-state index contributed by atoms with van der Waals surface area (Å²) in [6, 6.07) is 17.1. The van der Waals surface area contributed by atoms with Crippen molar-refractivity contribution in [1.82, 2.24) is 4.90 Å². The van der Waals surface area contributed by atoms with Gasteiger partial charge in [-0.25, -0.2) is 0 Å². The quantitative estimate of drug-likeness (QED) is 0.908. The van der Waals surface area contributed by atoms with E-state index in [4.69, 9.17) is 5.26 Å². The Morgan fingerprint density at radius 1 is 1.15 bits per heavy atom. The Hall–Kier alpha value is -3.13. The number of para-hydroxylation sites is 1. The molecule has 1 heterocycles. The summed E-state index contributed by atoms with van der Waals surface area (Å²) in [5, 5.41) is 12.0. The van der Waals surface area contributed by atoms with Crippen molar-refractivity contribution in [3.8, 4) is 6.07 Å². The van der Waals surface area contributed by atoms with E-state index in [9.17, 15) is 9.59 Å². The average Bonchev–Trinajstić information content (AvgIpc) is 2.68. The molecular weight excluding hydrogens is 338 g/mol. The van der Waals surface area contributed by atoms with Crippen LogP contribution in [-0.4, -0.2) is 29.8 Å². The van der Waals surface area contributed by atoms with Crippen molar-refractivity contribution in [3.63, 3.8) is 0 Å². The molecule has 0 saturated carbocycles. The summed E-state index contributed by atoms with van der Waals surface area (Å²) in [5.74, 6) is -0.113. The van der Waals surface area contributed by atoms with E-state index in [2.05, 4.69) is 11.4 Å². The van der Waals surface area contributed by atoms with Gasteiger partial charge in [0, 0.05) is 19.0 Å². The minimum absolute atomic E-state index is 0.0801. The van der Waals surface area contributed by atoms with E-state index in [-0.39, 0.29) is 17.7 Å². The number of carbonyl (C=O) groups excluding carboxylic acids is 2. The van der Waals surface area contributed by atoms with Crippen molar-refractivity contribution in [2.45, 2.75) is 26.2 Å². The fraction of sp³-hybridized carbons (Fsp3) is 0.318. The Morgan fingerprint density at radius 3 is 2.59 bits per heavy atom. The Morgan fingerprint density at radius 2 is 1.89 bits per heavy atom. The number of aryl methyl sites for hydroxylation is 1. The normalized spacial score (nSPS) is 14.4. The highest BCUT2D eigenvalue weighted by Gasteiger charge is 2.27. The second-order valence-corrected chi connectivity index (χ2v) is 6.97. The zero-order valence-electron chi connectivity index (χ0n) is 15.4. The summed E-state index contributed by atoms with van der Waals surface area (Å²) in [5.41, 5.74) is 3.17. The third-order valence-corrected chi connectivity index (χ3v) is 4.96. The van der Waals surface area contributed by atoms with Crippen LogP contribution in [0.15, 0.2) is 48.5 Å². The van der Waals surface area contributed by atoms with Crippen LogP contribution >= 0.6 is 0 Å². The second kappa shape index (κ2) is 8.50. The predicted molar refractivity (Wildman–Crippen MR) is 104 cm³/mol. The number of nitrogens with one attached hydrogen (secondary N) is 1. The van der Waals surface area contributed by atoms with E-state index in [1.807, 2.05) is 36.1 Å². The summed E-state index contributed by atoms with van der Waals surface area (Å²) in [6.45, 7) is 3.19. The molecule has 1 fully saturated rings. The minimum Gasteiger partial charge on any atom is -0.342 e. The van der Waals surface area contributed by atoms with Crippen LogP contribution in [0.25, 0.3) is 0 Å². The van der Waals surface area contributed by atoms with Gasteiger partial charge < -0.3 is 10.2 Å². The van der Waals surface area contributed by atoms with Gasteiger partial charge in [0.2, 0.25) is 11.8 Å². The molecule has 0 spiro atoms. The topological polar surface area (TPSA) is 73.2 Å². The molecule has 0 atom stereocenters. The molecule has 2 aromatic rings. The lowest BCUT2D eigenvalue weighted by Gasteiger charge is -2.31. The molecule has 2 aromatic carbocycles. The molecule has 27 heavy (non-hydrogen) atoms. The first kappa shape index (κ1) is 18.7. The van der Waals surface area contributed by atoms with Gasteiger partial charge in [-0.05, 0) is 37.5 Å². The first-order valence-corrected chi connectivity index (χ1v) is 9.20. The molecule has 0 unspecified atom stereocenters. The Bertz CT molecular complexity index is 877. The minimum atomic E-state index is -0.139. The van der Waals surface area contributed by atoms with E-state index in [0.29, 0.717) is 43.6 Å². The van der Waals surface area contributed by atoms with Gasteiger partial charge in [-0.15, -0.1) is 0 Å². The highest BCUT2D eigenvalue weighted by atomic mass is 16.2. The number of nitrogens with zero attached hydrogens (tertiary/aromatic N) is 2. The number of hydrogen-bond acceptors (Lipinski definition) is 3. The van der Waals surface area contributed by atoms with Gasteiger partial charge in [0.25, 0.3) is 0 Å². The number of nitriles is 1. The molecule has 0 bridgehead atoms. The lowest BCUT2D eigenvalue weighted by Crippen LogP contribution is -2.42. The van der Waals surface area contributed by atoms with Gasteiger partial charge in [0.15, 0.2) is 0 Å². The SMILES string of the molecule is Cc1cccc(CC(=O)N2CCC(C(=O)Nc3ccccc3C#N)CC2)c1. The van der Waals surface area contributed by atoms with Crippen LogP contribution in [-0.2, 0) is 16.0 Å². The summed E-state index contributed by atoms with van der Waals surface area (Å²) in [6.07, 6.45) is 1.67. The number of carbonyl (C=O) groups is 2. The smallest absolute Gasteiger partial charge is 0.227 e. The molecule has 2 amide bonds. The lowest BCUT2D eigenvalue weighted by atomic mass is 9.95. The van der Waals surface area contributed by atoms with E-state index < -0.39 is 0 Å². The number of benzene rings is 2. The molecule has 1 aliphatic rings. The molecule has 3 rings (SSSR count). The van der Waals surface area contributed by atoms with Crippen LogP contribution in [0.2, 0.25) is 0 Å². The number of anilines is 1. The largest absolute Gasteiger partial charge is 0.342 e. The average molecular weight is 361 g/mol. The first-order chi connectivity index (χ1) is 13.1. The van der Waals surface area contributed by atoms with Crippen LogP contribution in [0.1, 0.15) is 29.5 Å². The zero-order chi connectivity index (χ0) is 19.2. The van der Waals surface area contributed by atoms with Gasteiger partial charge in [0.1, 0.15) is 6.07 Å². The molecule has 5 nitrogen and oxygen atoms in total. The van der Waals surface area contributed by atoms with Crippen molar-refractivity contribution in [2.24, 2.45) is 5.92 Å². The summed E-state index contributed by atoms with van der Waals surface area (Å²) in [7, 11) is 0. The maximum absolute atomic E-state index is 12.5. The Balaban J connectivity index is 1.53. The van der Waals surface area contributed by atoms with Crippen LogP contribution in [0.5, 0.6) is 0 Å². The number of rotatable bonds is 4. The fourth-order valence-corrected chi connectivity index (χ4v) is 3.42. The van der Waals surface area contributed by atoms with Gasteiger partial charge in [-0.2, -0.15) is 5.26 Å². The van der Waals surface area contributed by atoms with Gasteiger partial charge in [-0.1, -0.05) is 42.0 Å². The lowest BCUT2D eigenvalue weighted by molar-refractivity contribution is -0.133. The first-order valence-electron chi connectivity index (χ1n) is 9.20. The third-order valence-electron chi connectivity index (χ3n) is 4.96. The van der Waals surface area contributed by atoms with E-state index in [1.54, 1.807) is 24.3 Å². The molecule has 1 saturated heterocycles. The van der Waals surface area contributed by atoms with Gasteiger partial charge in [-0.3, -0.25) is 9.59 Å². The number of amides is 2. The third kappa shape index (κ3) is 4.73. The number of piperidine rings is 1. The summed E-state index contributed by atoms with van der Waals surface area (Å²) >= 11 is 0. The monoisotopic (exact) mass is 361 g/mol. The summed E-state index contributed by atoms with van der Waals surface area (Å²) in [4.78, 5) is 26.9. The van der Waals surface area contributed by atoms with E-state index in [0.717, 1.165) is 11.1 Å². The molecule has 1 N–H and O–H groups in total. The van der Waals surface area contributed by atoms with Crippen molar-refractivity contribution in [3.05, 3.63) is 65.2 Å².